The lowest BCUT2D eigenvalue weighted by Crippen LogP contribution is -2.45. The second kappa shape index (κ2) is 11.7. The SMILES string of the molecule is NCCCCCCN=C([O-])c1ccc(C2=c3cc4c5c(c3Oc3c2cc2c6c3CCCN6CCC2)CCC[N+]=5CCC4)cc1. The van der Waals surface area contributed by atoms with E-state index in [9.17, 15) is 5.11 Å². The lowest BCUT2D eigenvalue weighted by molar-refractivity contribution is -0.213. The van der Waals surface area contributed by atoms with E-state index in [-0.39, 0.29) is 5.90 Å². The van der Waals surface area contributed by atoms with Crippen molar-refractivity contribution in [3.05, 3.63) is 85.9 Å². The molecule has 44 heavy (non-hydrogen) atoms. The zero-order chi connectivity index (χ0) is 29.6. The second-order valence-electron chi connectivity index (χ2n) is 13.3. The number of fused-ring (bicyclic) bond motifs is 4. The number of hydrogen-bond donors (Lipinski definition) is 1. The van der Waals surface area contributed by atoms with E-state index >= 15 is 0 Å². The Labute approximate surface area is 260 Å². The smallest absolute Gasteiger partial charge is 0.210 e. The molecule has 0 saturated carbocycles. The molecule has 3 aromatic rings. The number of nitrogens with two attached hydrogens (primary N) is 1. The van der Waals surface area contributed by atoms with E-state index < -0.39 is 0 Å². The van der Waals surface area contributed by atoms with E-state index in [0.29, 0.717) is 12.1 Å². The van der Waals surface area contributed by atoms with Crippen molar-refractivity contribution >= 4 is 17.2 Å². The van der Waals surface area contributed by atoms with Gasteiger partial charge in [-0.15, -0.1) is 0 Å². The number of rotatable bonds is 8. The molecule has 0 aromatic heterocycles. The van der Waals surface area contributed by atoms with Gasteiger partial charge in [0.25, 0.3) is 0 Å². The Morgan fingerprint density at radius 2 is 1.59 bits per heavy atom. The van der Waals surface area contributed by atoms with Gasteiger partial charge in [-0.25, -0.2) is 4.58 Å². The summed E-state index contributed by atoms with van der Waals surface area (Å²) in [6.07, 6.45) is 13.3. The summed E-state index contributed by atoms with van der Waals surface area (Å²) < 4.78 is 9.77. The highest BCUT2D eigenvalue weighted by Crippen LogP contribution is 2.48. The first-order chi connectivity index (χ1) is 21.7. The monoisotopic (exact) mass is 588 g/mol. The summed E-state index contributed by atoms with van der Waals surface area (Å²) >= 11 is 0. The number of nitrogens with zero attached hydrogens (tertiary/aromatic N) is 3. The summed E-state index contributed by atoms with van der Waals surface area (Å²) in [5, 5.41) is 15.6. The fourth-order valence-electron chi connectivity index (χ4n) is 8.49. The van der Waals surface area contributed by atoms with E-state index in [1.54, 1.807) is 0 Å². The first-order valence-electron chi connectivity index (χ1n) is 17.2. The van der Waals surface area contributed by atoms with Crippen molar-refractivity contribution in [1.82, 2.24) is 4.58 Å². The molecule has 0 atom stereocenters. The van der Waals surface area contributed by atoms with Gasteiger partial charge < -0.3 is 25.5 Å². The molecule has 0 bridgehead atoms. The number of hydrogen-bond acceptors (Lipinski definition) is 5. The lowest BCUT2D eigenvalue weighted by atomic mass is 9.82. The summed E-state index contributed by atoms with van der Waals surface area (Å²) in [7, 11) is 0. The van der Waals surface area contributed by atoms with Crippen LogP contribution in [0.3, 0.4) is 0 Å². The van der Waals surface area contributed by atoms with Gasteiger partial charge in [0.2, 0.25) is 5.36 Å². The predicted molar refractivity (Wildman–Crippen MR) is 176 cm³/mol. The summed E-state index contributed by atoms with van der Waals surface area (Å²) in [5.74, 6) is 2.03. The molecule has 0 spiro atoms. The minimum absolute atomic E-state index is 0.120. The molecule has 3 aromatic carbocycles. The van der Waals surface area contributed by atoms with Crippen molar-refractivity contribution in [3.8, 4) is 11.5 Å². The lowest BCUT2D eigenvalue weighted by Gasteiger charge is -2.39. The van der Waals surface area contributed by atoms with Crippen LogP contribution in [0.2, 0.25) is 0 Å². The van der Waals surface area contributed by atoms with E-state index in [4.69, 9.17) is 10.5 Å². The third-order valence-electron chi connectivity index (χ3n) is 10.5. The maximum atomic E-state index is 13.0. The van der Waals surface area contributed by atoms with Crippen molar-refractivity contribution in [2.75, 3.05) is 44.2 Å². The molecule has 0 aliphatic carbocycles. The first kappa shape index (κ1) is 27.9. The topological polar surface area (TPSA) is 76.9 Å². The van der Waals surface area contributed by atoms with Gasteiger partial charge in [-0.3, -0.25) is 0 Å². The maximum absolute atomic E-state index is 13.0. The number of aliphatic imine (C=N–C) groups is 1. The summed E-state index contributed by atoms with van der Waals surface area (Å²) in [5.41, 5.74) is 17.1. The molecule has 0 radical (unpaired) electrons. The molecule has 5 aliphatic rings. The van der Waals surface area contributed by atoms with Crippen LogP contribution in [-0.4, -0.2) is 45.2 Å². The number of aryl methyl sites for hydroxylation is 2. The highest BCUT2D eigenvalue weighted by Gasteiger charge is 2.35. The van der Waals surface area contributed by atoms with Crippen molar-refractivity contribution in [2.45, 2.75) is 77.0 Å². The molecular formula is C38H44N4O2. The van der Waals surface area contributed by atoms with Crippen LogP contribution in [0, 0.1) is 0 Å². The van der Waals surface area contributed by atoms with Gasteiger partial charge in [-0.1, -0.05) is 37.1 Å². The Bertz CT molecular complexity index is 1770. The predicted octanol–water partition coefficient (Wildman–Crippen LogP) is 3.75. The first-order valence-corrected chi connectivity index (χ1v) is 17.2. The molecule has 5 heterocycles. The second-order valence-corrected chi connectivity index (χ2v) is 13.3. The Morgan fingerprint density at radius 1 is 0.841 bits per heavy atom. The number of anilines is 1. The number of unbranched alkanes of at least 4 members (excludes halogenated alkanes) is 3. The van der Waals surface area contributed by atoms with Crippen LogP contribution >= 0.6 is 0 Å². The van der Waals surface area contributed by atoms with Crippen molar-refractivity contribution < 1.29 is 9.84 Å². The van der Waals surface area contributed by atoms with Crippen LogP contribution in [0.1, 0.15) is 90.3 Å². The average molecular weight is 589 g/mol. The van der Waals surface area contributed by atoms with Gasteiger partial charge in [0.15, 0.2) is 0 Å². The number of ether oxygens (including phenoxy) is 1. The van der Waals surface area contributed by atoms with Crippen LogP contribution in [-0.2, 0) is 25.7 Å². The fourth-order valence-corrected chi connectivity index (χ4v) is 8.49. The third kappa shape index (κ3) is 4.73. The molecule has 8 rings (SSSR count). The molecule has 6 heteroatoms. The summed E-state index contributed by atoms with van der Waals surface area (Å²) in [6, 6.07) is 13.1. The Kier molecular flexibility index (Phi) is 7.41. The highest BCUT2D eigenvalue weighted by molar-refractivity contribution is 5.93. The van der Waals surface area contributed by atoms with Crippen molar-refractivity contribution in [2.24, 2.45) is 10.7 Å². The zero-order valence-electron chi connectivity index (χ0n) is 25.9. The van der Waals surface area contributed by atoms with E-state index in [0.717, 1.165) is 101 Å². The quantitative estimate of drug-likeness (QED) is 0.147. The molecule has 228 valence electrons. The molecule has 0 amide bonds. The number of benzene rings is 3. The third-order valence-corrected chi connectivity index (χ3v) is 10.5. The van der Waals surface area contributed by atoms with Gasteiger partial charge in [0.1, 0.15) is 24.6 Å². The maximum Gasteiger partial charge on any atom is 0.210 e. The van der Waals surface area contributed by atoms with Crippen molar-refractivity contribution in [1.29, 1.82) is 0 Å². The molecule has 0 saturated heterocycles. The molecule has 6 nitrogen and oxygen atoms in total. The summed E-state index contributed by atoms with van der Waals surface area (Å²) in [6.45, 7) is 5.90. The summed E-state index contributed by atoms with van der Waals surface area (Å²) in [4.78, 5) is 6.98. The van der Waals surface area contributed by atoms with Gasteiger partial charge in [0.05, 0.1) is 5.56 Å². The average Bonchev–Trinajstić information content (AvgIpc) is 3.06. The zero-order valence-corrected chi connectivity index (χ0v) is 25.9. The van der Waals surface area contributed by atoms with Crippen LogP contribution in [0.15, 0.2) is 41.4 Å². The largest absolute Gasteiger partial charge is 0.858 e. The van der Waals surface area contributed by atoms with Crippen LogP contribution < -0.4 is 35.6 Å². The molecule has 2 N–H and O–H groups in total. The molecule has 0 fully saturated rings. The van der Waals surface area contributed by atoms with Crippen LogP contribution in [0.4, 0.5) is 5.69 Å². The normalized spacial score (nSPS) is 18.3. The minimum Gasteiger partial charge on any atom is -0.858 e. The standard InChI is InChI=1S/C38H44N4O2/c39-17-3-1-2-4-18-40-38(43)26-15-13-25(14-16-26)33-31-23-27-9-5-19-41-21-7-11-29(34(27)41)36(31)44-37-30-12-8-22-42-20-6-10-28(35(30)42)24-32(33)37/h13-16,23-24H,1-12,17-22,39H2. The molecule has 5 aliphatic heterocycles. The van der Waals surface area contributed by atoms with Gasteiger partial charge in [-0.2, -0.15) is 0 Å². The van der Waals surface area contributed by atoms with Crippen LogP contribution in [0.25, 0.3) is 5.57 Å². The Morgan fingerprint density at radius 3 is 2.43 bits per heavy atom. The molecule has 0 unspecified atom stereocenters. The van der Waals surface area contributed by atoms with E-state index in [2.05, 4.69) is 38.7 Å². The Balaban J connectivity index is 1.27. The van der Waals surface area contributed by atoms with Gasteiger partial charge >= 0.3 is 0 Å². The fraction of sp³-hybridized carbons (Fsp3) is 0.474. The van der Waals surface area contributed by atoms with E-state index in [1.807, 2.05) is 12.1 Å². The van der Waals surface area contributed by atoms with Gasteiger partial charge in [-0.05, 0) is 92.6 Å². The minimum atomic E-state index is -0.120. The Hall–Kier alpha value is -3.64. The van der Waals surface area contributed by atoms with Crippen LogP contribution in [0.5, 0.6) is 11.5 Å². The van der Waals surface area contributed by atoms with Gasteiger partial charge in [0, 0.05) is 65.6 Å². The highest BCUT2D eigenvalue weighted by atomic mass is 16.5. The molecular weight excluding hydrogens is 544 g/mol. The van der Waals surface area contributed by atoms with E-state index in [1.165, 1.54) is 75.3 Å². The van der Waals surface area contributed by atoms with Crippen molar-refractivity contribution in [3.63, 3.8) is 0 Å².